The molecule has 0 aliphatic heterocycles. The molecule has 0 aromatic carbocycles. The highest BCUT2D eigenvalue weighted by molar-refractivity contribution is 4.68. The van der Waals surface area contributed by atoms with Gasteiger partial charge >= 0.3 is 0 Å². The molecule has 0 unspecified atom stereocenters. The molecule has 0 saturated carbocycles. The van der Waals surface area contributed by atoms with E-state index in [1.54, 1.807) is 0 Å². The molecule has 0 bridgehead atoms. The Hall–Kier alpha value is -0.120. The van der Waals surface area contributed by atoms with Crippen molar-refractivity contribution < 1.29 is 9.47 Å². The van der Waals surface area contributed by atoms with E-state index in [1.807, 2.05) is 20.8 Å². The van der Waals surface area contributed by atoms with Gasteiger partial charge in [0.15, 0.2) is 0 Å². The van der Waals surface area contributed by atoms with Crippen molar-refractivity contribution in [3.8, 4) is 0 Å². The normalized spacial score (nSPS) is 12.0. The smallest absolute Gasteiger partial charge is 0.0707 e. The zero-order valence-corrected chi connectivity index (χ0v) is 8.43. The van der Waals surface area contributed by atoms with Crippen LogP contribution in [0.5, 0.6) is 0 Å². The molecular formula is C9H21NO2. The molecular weight excluding hydrogens is 154 g/mol. The van der Waals surface area contributed by atoms with E-state index in [9.17, 15) is 0 Å². The Morgan fingerprint density at radius 1 is 1.25 bits per heavy atom. The molecule has 2 N–H and O–H groups in total. The second-order valence-electron chi connectivity index (χ2n) is 3.34. The first-order valence-electron chi connectivity index (χ1n) is 4.54. The lowest BCUT2D eigenvalue weighted by Crippen LogP contribution is -2.29. The standard InChI is InChI=1S/C9H21NO2/c1-4-11-7-8-12-9(2,3)5-6-10/h4-8,10H2,1-3H3. The van der Waals surface area contributed by atoms with Crippen LogP contribution in [0.2, 0.25) is 0 Å². The lowest BCUT2D eigenvalue weighted by Gasteiger charge is -2.24. The Morgan fingerprint density at radius 2 is 1.92 bits per heavy atom. The summed E-state index contributed by atoms with van der Waals surface area (Å²) in [6, 6.07) is 0. The number of rotatable bonds is 7. The van der Waals surface area contributed by atoms with Gasteiger partial charge in [-0.05, 0) is 33.7 Å². The van der Waals surface area contributed by atoms with Crippen molar-refractivity contribution >= 4 is 0 Å². The van der Waals surface area contributed by atoms with Crippen molar-refractivity contribution in [3.63, 3.8) is 0 Å². The fourth-order valence-electron chi connectivity index (χ4n) is 0.941. The molecule has 74 valence electrons. The third-order valence-corrected chi connectivity index (χ3v) is 1.67. The van der Waals surface area contributed by atoms with Crippen molar-refractivity contribution in [3.05, 3.63) is 0 Å². The van der Waals surface area contributed by atoms with Crippen LogP contribution in [0, 0.1) is 0 Å². The maximum atomic E-state index is 5.57. The largest absolute Gasteiger partial charge is 0.379 e. The highest BCUT2D eigenvalue weighted by atomic mass is 16.5. The molecule has 0 aromatic rings. The summed E-state index contributed by atoms with van der Waals surface area (Å²) in [5.41, 5.74) is 5.33. The zero-order valence-electron chi connectivity index (χ0n) is 8.43. The second-order valence-corrected chi connectivity index (χ2v) is 3.34. The van der Waals surface area contributed by atoms with Crippen molar-refractivity contribution in [2.24, 2.45) is 5.73 Å². The average Bonchev–Trinajstić information content (AvgIpc) is 1.98. The molecule has 0 aromatic heterocycles. The first-order chi connectivity index (χ1) is 5.62. The first-order valence-corrected chi connectivity index (χ1v) is 4.54. The molecule has 0 aliphatic rings. The molecule has 3 nitrogen and oxygen atoms in total. The molecule has 0 heterocycles. The van der Waals surface area contributed by atoms with Crippen molar-refractivity contribution in [1.29, 1.82) is 0 Å². The summed E-state index contributed by atoms with van der Waals surface area (Å²) in [5, 5.41) is 0. The SMILES string of the molecule is CCOCCOC(C)(C)CCN. The van der Waals surface area contributed by atoms with E-state index in [0.29, 0.717) is 19.8 Å². The fraction of sp³-hybridized carbons (Fsp3) is 1.00. The van der Waals surface area contributed by atoms with Gasteiger partial charge in [-0.1, -0.05) is 0 Å². The van der Waals surface area contributed by atoms with E-state index >= 15 is 0 Å². The van der Waals surface area contributed by atoms with Gasteiger partial charge in [0.05, 0.1) is 18.8 Å². The summed E-state index contributed by atoms with van der Waals surface area (Å²) < 4.78 is 10.7. The Bertz CT molecular complexity index is 105. The van der Waals surface area contributed by atoms with Gasteiger partial charge in [0.25, 0.3) is 0 Å². The number of hydrogen-bond donors (Lipinski definition) is 1. The molecule has 0 rings (SSSR count). The quantitative estimate of drug-likeness (QED) is 0.591. The average molecular weight is 175 g/mol. The Kier molecular flexibility index (Phi) is 6.34. The van der Waals surface area contributed by atoms with E-state index in [0.717, 1.165) is 13.0 Å². The summed E-state index contributed by atoms with van der Waals surface area (Å²) in [5.74, 6) is 0. The minimum Gasteiger partial charge on any atom is -0.379 e. The maximum absolute atomic E-state index is 5.57. The summed E-state index contributed by atoms with van der Waals surface area (Å²) >= 11 is 0. The summed E-state index contributed by atoms with van der Waals surface area (Å²) in [7, 11) is 0. The third-order valence-electron chi connectivity index (χ3n) is 1.67. The van der Waals surface area contributed by atoms with Gasteiger partial charge in [0.1, 0.15) is 0 Å². The Balaban J connectivity index is 3.33. The van der Waals surface area contributed by atoms with Crippen LogP contribution in [0.15, 0.2) is 0 Å². The molecule has 12 heavy (non-hydrogen) atoms. The third kappa shape index (κ3) is 6.58. The number of ether oxygens (including phenoxy) is 2. The molecule has 0 radical (unpaired) electrons. The molecule has 0 spiro atoms. The number of hydrogen-bond acceptors (Lipinski definition) is 3. The van der Waals surface area contributed by atoms with Crippen molar-refractivity contribution in [1.82, 2.24) is 0 Å². The monoisotopic (exact) mass is 175 g/mol. The van der Waals surface area contributed by atoms with Crippen LogP contribution in [0.3, 0.4) is 0 Å². The van der Waals surface area contributed by atoms with Gasteiger partial charge in [0, 0.05) is 6.61 Å². The molecule has 0 aliphatic carbocycles. The fourth-order valence-corrected chi connectivity index (χ4v) is 0.941. The van der Waals surface area contributed by atoms with E-state index in [-0.39, 0.29) is 5.60 Å². The zero-order chi connectivity index (χ0) is 9.45. The molecule has 0 saturated heterocycles. The van der Waals surface area contributed by atoms with E-state index in [2.05, 4.69) is 0 Å². The van der Waals surface area contributed by atoms with Gasteiger partial charge < -0.3 is 15.2 Å². The number of nitrogens with two attached hydrogens (primary N) is 1. The summed E-state index contributed by atoms with van der Waals surface area (Å²) in [6.45, 7) is 8.82. The second kappa shape index (κ2) is 6.40. The Morgan fingerprint density at radius 3 is 2.42 bits per heavy atom. The van der Waals surface area contributed by atoms with Crippen LogP contribution >= 0.6 is 0 Å². The van der Waals surface area contributed by atoms with Gasteiger partial charge in [0.2, 0.25) is 0 Å². The van der Waals surface area contributed by atoms with Crippen LogP contribution in [0.25, 0.3) is 0 Å². The van der Waals surface area contributed by atoms with Gasteiger partial charge in [-0.25, -0.2) is 0 Å². The minimum absolute atomic E-state index is 0.105. The van der Waals surface area contributed by atoms with Gasteiger partial charge in [-0.2, -0.15) is 0 Å². The molecule has 0 fully saturated rings. The summed E-state index contributed by atoms with van der Waals surface area (Å²) in [4.78, 5) is 0. The summed E-state index contributed by atoms with van der Waals surface area (Å²) in [6.07, 6.45) is 0.888. The van der Waals surface area contributed by atoms with Gasteiger partial charge in [-0.15, -0.1) is 0 Å². The first kappa shape index (κ1) is 11.9. The Labute approximate surface area is 75.2 Å². The maximum Gasteiger partial charge on any atom is 0.0707 e. The van der Waals surface area contributed by atoms with E-state index < -0.39 is 0 Å². The molecule has 0 atom stereocenters. The van der Waals surface area contributed by atoms with Crippen LogP contribution in [-0.2, 0) is 9.47 Å². The highest BCUT2D eigenvalue weighted by Gasteiger charge is 2.16. The predicted octanol–water partition coefficient (Wildman–Crippen LogP) is 1.17. The van der Waals surface area contributed by atoms with Crippen molar-refractivity contribution in [2.45, 2.75) is 32.8 Å². The topological polar surface area (TPSA) is 44.5 Å². The van der Waals surface area contributed by atoms with E-state index in [4.69, 9.17) is 15.2 Å². The van der Waals surface area contributed by atoms with Crippen LogP contribution in [-0.4, -0.2) is 32.0 Å². The lowest BCUT2D eigenvalue weighted by atomic mass is 10.1. The molecule has 0 amide bonds. The van der Waals surface area contributed by atoms with Crippen LogP contribution in [0.4, 0.5) is 0 Å². The van der Waals surface area contributed by atoms with Crippen LogP contribution < -0.4 is 5.73 Å². The van der Waals surface area contributed by atoms with Crippen molar-refractivity contribution in [2.75, 3.05) is 26.4 Å². The minimum atomic E-state index is -0.105. The van der Waals surface area contributed by atoms with Crippen LogP contribution in [0.1, 0.15) is 27.2 Å². The highest BCUT2D eigenvalue weighted by Crippen LogP contribution is 2.12. The molecule has 3 heteroatoms. The predicted molar refractivity (Wildman–Crippen MR) is 50.2 cm³/mol. The van der Waals surface area contributed by atoms with Gasteiger partial charge in [-0.3, -0.25) is 0 Å². The van der Waals surface area contributed by atoms with E-state index in [1.165, 1.54) is 0 Å². The lowest BCUT2D eigenvalue weighted by molar-refractivity contribution is -0.0474.